The highest BCUT2D eigenvalue weighted by molar-refractivity contribution is 5.84. The van der Waals surface area contributed by atoms with Crippen LogP contribution in [0.25, 0.3) is 0 Å². The van der Waals surface area contributed by atoms with E-state index in [0.717, 1.165) is 23.1 Å². The highest BCUT2D eigenvalue weighted by atomic mass is 16.5. The van der Waals surface area contributed by atoms with Crippen LogP contribution in [0.5, 0.6) is 11.5 Å². The number of rotatable bonds is 5. The molecule has 2 aromatic rings. The van der Waals surface area contributed by atoms with Crippen LogP contribution in [0.2, 0.25) is 0 Å². The third-order valence-corrected chi connectivity index (χ3v) is 4.74. The van der Waals surface area contributed by atoms with Crippen molar-refractivity contribution in [2.45, 2.75) is 18.4 Å². The monoisotopic (exact) mass is 341 g/mol. The van der Waals surface area contributed by atoms with Crippen LogP contribution in [0.1, 0.15) is 16.7 Å². The number of hydrogen-bond donors (Lipinski definition) is 1. The van der Waals surface area contributed by atoms with Gasteiger partial charge in [-0.25, -0.2) is 4.79 Å². The summed E-state index contributed by atoms with van der Waals surface area (Å²) in [5.74, 6) is 0.970. The second kappa shape index (κ2) is 7.15. The lowest BCUT2D eigenvalue weighted by atomic mass is 9.78. The van der Waals surface area contributed by atoms with Crippen molar-refractivity contribution in [3.63, 3.8) is 0 Å². The predicted octanol–water partition coefficient (Wildman–Crippen LogP) is 2.46. The fraction of sp³-hybridized carbons (Fsp3) is 0.350. The Kier molecular flexibility index (Phi) is 4.95. The molecule has 1 heterocycles. The van der Waals surface area contributed by atoms with Crippen molar-refractivity contribution in [3.8, 4) is 11.5 Å². The van der Waals surface area contributed by atoms with Gasteiger partial charge in [-0.05, 0) is 35.2 Å². The van der Waals surface area contributed by atoms with Crippen molar-refractivity contribution >= 4 is 5.97 Å². The Balaban J connectivity index is 2.16. The molecule has 25 heavy (non-hydrogen) atoms. The Bertz CT molecular complexity index is 760. The summed E-state index contributed by atoms with van der Waals surface area (Å²) in [6, 6.07) is 13.8. The van der Waals surface area contributed by atoms with E-state index in [9.17, 15) is 4.79 Å². The Morgan fingerprint density at radius 2 is 1.76 bits per heavy atom. The summed E-state index contributed by atoms with van der Waals surface area (Å²) in [5.41, 5.74) is 2.07. The lowest BCUT2D eigenvalue weighted by molar-refractivity contribution is -0.149. The average Bonchev–Trinajstić information content (AvgIpc) is 2.67. The van der Waals surface area contributed by atoms with Crippen molar-refractivity contribution in [2.24, 2.45) is 0 Å². The second-order valence-electron chi connectivity index (χ2n) is 6.10. The van der Waals surface area contributed by atoms with Gasteiger partial charge < -0.3 is 14.2 Å². The zero-order valence-corrected chi connectivity index (χ0v) is 14.8. The molecule has 0 fully saturated rings. The number of carbonyl (C=O) groups excluding carboxylic acids is 1. The molecule has 0 saturated carbocycles. The van der Waals surface area contributed by atoms with Crippen molar-refractivity contribution in [3.05, 3.63) is 59.2 Å². The van der Waals surface area contributed by atoms with Crippen LogP contribution >= 0.6 is 0 Å². The number of ether oxygens (including phenoxy) is 3. The van der Waals surface area contributed by atoms with Gasteiger partial charge in [0, 0.05) is 13.0 Å². The topological polar surface area (TPSA) is 56.8 Å². The van der Waals surface area contributed by atoms with Gasteiger partial charge in [-0.1, -0.05) is 30.3 Å². The fourth-order valence-corrected chi connectivity index (χ4v) is 3.52. The normalized spacial score (nSPS) is 19.0. The van der Waals surface area contributed by atoms with Crippen LogP contribution in [0, 0.1) is 0 Å². The maximum absolute atomic E-state index is 12.9. The highest BCUT2D eigenvalue weighted by Gasteiger charge is 2.45. The molecule has 0 saturated heterocycles. The highest BCUT2D eigenvalue weighted by Crippen LogP contribution is 2.39. The van der Waals surface area contributed by atoms with Gasteiger partial charge in [-0.15, -0.1) is 0 Å². The summed E-state index contributed by atoms with van der Waals surface area (Å²) in [4.78, 5) is 12.9. The largest absolute Gasteiger partial charge is 0.493 e. The number of benzene rings is 2. The maximum atomic E-state index is 12.9. The van der Waals surface area contributed by atoms with Crippen LogP contribution in [-0.2, 0) is 27.9 Å². The van der Waals surface area contributed by atoms with E-state index >= 15 is 0 Å². The molecule has 0 aliphatic carbocycles. The summed E-state index contributed by atoms with van der Waals surface area (Å²) in [6.45, 7) is 0.685. The molecule has 0 aromatic heterocycles. The number of esters is 1. The lowest BCUT2D eigenvalue weighted by Crippen LogP contribution is -2.55. The molecule has 0 unspecified atom stereocenters. The minimum Gasteiger partial charge on any atom is -0.493 e. The van der Waals surface area contributed by atoms with Crippen molar-refractivity contribution in [1.29, 1.82) is 0 Å². The summed E-state index contributed by atoms with van der Waals surface area (Å²) in [7, 11) is 4.63. The maximum Gasteiger partial charge on any atom is 0.331 e. The Hall–Kier alpha value is -2.53. The van der Waals surface area contributed by atoms with E-state index in [-0.39, 0.29) is 5.97 Å². The molecular formula is C20H23NO4. The number of carbonyl (C=O) groups is 1. The van der Waals surface area contributed by atoms with Crippen molar-refractivity contribution < 1.29 is 19.0 Å². The van der Waals surface area contributed by atoms with Gasteiger partial charge in [0.2, 0.25) is 0 Å². The average molecular weight is 341 g/mol. The fourth-order valence-electron chi connectivity index (χ4n) is 3.52. The van der Waals surface area contributed by atoms with E-state index in [0.29, 0.717) is 24.5 Å². The lowest BCUT2D eigenvalue weighted by Gasteiger charge is -2.38. The van der Waals surface area contributed by atoms with Crippen LogP contribution in [0.4, 0.5) is 0 Å². The van der Waals surface area contributed by atoms with Crippen molar-refractivity contribution in [1.82, 2.24) is 5.32 Å². The third kappa shape index (κ3) is 3.07. The number of methoxy groups -OCH3 is 3. The minimum absolute atomic E-state index is 0.301. The van der Waals surface area contributed by atoms with Crippen LogP contribution in [0.3, 0.4) is 0 Å². The molecule has 2 aromatic carbocycles. The van der Waals surface area contributed by atoms with Gasteiger partial charge >= 0.3 is 5.97 Å². The zero-order chi connectivity index (χ0) is 17.9. The third-order valence-electron chi connectivity index (χ3n) is 4.74. The molecule has 5 nitrogen and oxygen atoms in total. The number of hydrogen-bond acceptors (Lipinski definition) is 5. The first-order chi connectivity index (χ1) is 12.1. The Morgan fingerprint density at radius 1 is 1.08 bits per heavy atom. The standard InChI is InChI=1S/C20H23NO4/c1-23-17-11-15-9-10-21-20(19(22)25-3,16(15)12-18(17)24-2)13-14-7-5-4-6-8-14/h4-8,11-12,21H,9-10,13H2,1-3H3/t20-/m1/s1. The molecular weight excluding hydrogens is 318 g/mol. The summed E-state index contributed by atoms with van der Waals surface area (Å²) >= 11 is 0. The van der Waals surface area contributed by atoms with E-state index in [1.54, 1.807) is 14.2 Å². The first-order valence-corrected chi connectivity index (χ1v) is 8.27. The molecule has 0 bridgehead atoms. The van der Waals surface area contributed by atoms with Crippen LogP contribution in [0.15, 0.2) is 42.5 Å². The van der Waals surface area contributed by atoms with Gasteiger partial charge in [0.05, 0.1) is 21.3 Å². The van der Waals surface area contributed by atoms with E-state index in [4.69, 9.17) is 14.2 Å². The van der Waals surface area contributed by atoms with Gasteiger partial charge in [-0.2, -0.15) is 0 Å². The van der Waals surface area contributed by atoms with Gasteiger partial charge in [0.1, 0.15) is 5.54 Å². The quantitative estimate of drug-likeness (QED) is 0.847. The molecule has 1 atom stereocenters. The molecule has 5 heteroatoms. The molecule has 3 rings (SSSR count). The number of nitrogens with one attached hydrogen (secondary N) is 1. The first kappa shape index (κ1) is 17.3. The van der Waals surface area contributed by atoms with E-state index in [1.807, 2.05) is 42.5 Å². The molecule has 0 amide bonds. The molecule has 0 spiro atoms. The van der Waals surface area contributed by atoms with Gasteiger partial charge in [0.15, 0.2) is 11.5 Å². The Labute approximate surface area is 147 Å². The summed E-state index contributed by atoms with van der Waals surface area (Å²) in [6.07, 6.45) is 1.31. The van der Waals surface area contributed by atoms with E-state index < -0.39 is 5.54 Å². The van der Waals surface area contributed by atoms with Crippen molar-refractivity contribution in [2.75, 3.05) is 27.9 Å². The first-order valence-electron chi connectivity index (χ1n) is 8.27. The van der Waals surface area contributed by atoms with E-state index in [2.05, 4.69) is 5.32 Å². The van der Waals surface area contributed by atoms with Crippen LogP contribution < -0.4 is 14.8 Å². The SMILES string of the molecule is COC(=O)[C@]1(Cc2ccccc2)NCCc2cc(OC)c(OC)cc21. The number of fused-ring (bicyclic) bond motifs is 1. The molecule has 1 aliphatic heterocycles. The molecule has 0 radical (unpaired) electrons. The van der Waals surface area contributed by atoms with Gasteiger partial charge in [0.25, 0.3) is 0 Å². The molecule has 132 valence electrons. The predicted molar refractivity (Wildman–Crippen MR) is 95.1 cm³/mol. The molecule has 1 N–H and O–H groups in total. The smallest absolute Gasteiger partial charge is 0.331 e. The zero-order valence-electron chi connectivity index (χ0n) is 14.8. The summed E-state index contributed by atoms with van der Waals surface area (Å²) < 4.78 is 16.0. The minimum atomic E-state index is -0.941. The summed E-state index contributed by atoms with van der Waals surface area (Å²) in [5, 5.41) is 3.41. The van der Waals surface area contributed by atoms with E-state index in [1.165, 1.54) is 7.11 Å². The van der Waals surface area contributed by atoms with Gasteiger partial charge in [-0.3, -0.25) is 5.32 Å². The van der Waals surface area contributed by atoms with Crippen LogP contribution in [-0.4, -0.2) is 33.8 Å². The second-order valence-corrected chi connectivity index (χ2v) is 6.10. The molecule has 1 aliphatic rings. The Morgan fingerprint density at radius 3 is 2.40 bits per heavy atom.